The molecule has 1 aromatic rings. The molecular weight excluding hydrogens is 175 g/mol. The Hall–Kier alpha value is -0.670. The zero-order valence-corrected chi connectivity index (χ0v) is 6.23. The molecular formula is C5H2Cl2N2O. The minimum Gasteiger partial charge on any atom is -0.296 e. The number of aldehydes is 1. The Kier molecular flexibility index (Phi) is 2.19. The fourth-order valence-corrected chi connectivity index (χ4v) is 0.712. The molecule has 0 aliphatic heterocycles. The van der Waals surface area contributed by atoms with Gasteiger partial charge in [-0.25, -0.2) is 0 Å². The predicted octanol–water partition coefficient (Wildman–Crippen LogP) is 1.60. The third kappa shape index (κ3) is 1.25. The third-order valence-electron chi connectivity index (χ3n) is 0.883. The van der Waals surface area contributed by atoms with Crippen molar-refractivity contribution < 1.29 is 4.79 Å². The largest absolute Gasteiger partial charge is 0.296 e. The summed E-state index contributed by atoms with van der Waals surface area (Å²) in [7, 11) is 0. The first kappa shape index (κ1) is 7.44. The number of nitrogens with zero attached hydrogens (tertiary/aromatic N) is 2. The highest BCUT2D eigenvalue weighted by Gasteiger charge is 2.03. The molecule has 0 aliphatic carbocycles. The summed E-state index contributed by atoms with van der Waals surface area (Å²) in [5.74, 6) is 0. The lowest BCUT2D eigenvalue weighted by Gasteiger charge is -1.93. The van der Waals surface area contributed by atoms with Gasteiger partial charge in [0.1, 0.15) is 5.69 Å². The van der Waals surface area contributed by atoms with Crippen molar-refractivity contribution in [2.45, 2.75) is 0 Å². The molecule has 0 aromatic carbocycles. The molecule has 0 aliphatic rings. The van der Waals surface area contributed by atoms with E-state index in [0.29, 0.717) is 6.29 Å². The molecule has 0 N–H and O–H groups in total. The number of aromatic nitrogens is 2. The Balaban J connectivity index is 3.27. The van der Waals surface area contributed by atoms with Gasteiger partial charge in [0.2, 0.25) is 0 Å². The van der Waals surface area contributed by atoms with Crippen LogP contribution in [0, 0.1) is 0 Å². The number of hydrogen-bond donors (Lipinski definition) is 0. The zero-order valence-electron chi connectivity index (χ0n) is 4.71. The van der Waals surface area contributed by atoms with Crippen molar-refractivity contribution in [2.24, 2.45) is 0 Å². The normalized spacial score (nSPS) is 9.40. The SMILES string of the molecule is O=Cc1nncc(Cl)c1Cl. The lowest BCUT2D eigenvalue weighted by Crippen LogP contribution is -1.91. The average molecular weight is 177 g/mol. The Morgan fingerprint density at radius 3 is 2.70 bits per heavy atom. The van der Waals surface area contributed by atoms with Crippen LogP contribution in [0.3, 0.4) is 0 Å². The highest BCUT2D eigenvalue weighted by molar-refractivity contribution is 6.43. The summed E-state index contributed by atoms with van der Waals surface area (Å²) in [6.07, 6.45) is 1.78. The lowest BCUT2D eigenvalue weighted by atomic mass is 10.4. The molecule has 0 spiro atoms. The maximum atomic E-state index is 10.1. The first-order valence-electron chi connectivity index (χ1n) is 2.37. The van der Waals surface area contributed by atoms with E-state index in [2.05, 4.69) is 10.2 Å². The highest BCUT2D eigenvalue weighted by atomic mass is 35.5. The molecule has 10 heavy (non-hydrogen) atoms. The monoisotopic (exact) mass is 176 g/mol. The van der Waals surface area contributed by atoms with E-state index in [1.54, 1.807) is 0 Å². The van der Waals surface area contributed by atoms with Crippen molar-refractivity contribution in [1.82, 2.24) is 10.2 Å². The second-order valence-corrected chi connectivity index (χ2v) is 2.29. The molecule has 0 fully saturated rings. The number of carbonyl (C=O) groups is 1. The molecule has 0 radical (unpaired) electrons. The van der Waals surface area contributed by atoms with E-state index in [4.69, 9.17) is 23.2 Å². The van der Waals surface area contributed by atoms with Crippen LogP contribution in [0.15, 0.2) is 6.20 Å². The Morgan fingerprint density at radius 1 is 1.50 bits per heavy atom. The van der Waals surface area contributed by atoms with Gasteiger partial charge in [0.25, 0.3) is 0 Å². The summed E-state index contributed by atoms with van der Waals surface area (Å²) in [5, 5.41) is 7.22. The van der Waals surface area contributed by atoms with E-state index < -0.39 is 0 Å². The Morgan fingerprint density at radius 2 is 2.20 bits per heavy atom. The van der Waals surface area contributed by atoms with Crippen molar-refractivity contribution in [3.05, 3.63) is 21.9 Å². The second-order valence-electron chi connectivity index (χ2n) is 1.51. The van der Waals surface area contributed by atoms with Crippen molar-refractivity contribution in [3.63, 3.8) is 0 Å². The van der Waals surface area contributed by atoms with Crippen LogP contribution in [0.1, 0.15) is 10.5 Å². The average Bonchev–Trinajstić information content (AvgIpc) is 1.95. The summed E-state index contributed by atoms with van der Waals surface area (Å²) in [6, 6.07) is 0. The van der Waals surface area contributed by atoms with Crippen molar-refractivity contribution >= 4 is 29.5 Å². The smallest absolute Gasteiger partial charge is 0.171 e. The zero-order chi connectivity index (χ0) is 7.56. The van der Waals surface area contributed by atoms with Gasteiger partial charge < -0.3 is 0 Å². The van der Waals surface area contributed by atoms with Crippen molar-refractivity contribution in [3.8, 4) is 0 Å². The highest BCUT2D eigenvalue weighted by Crippen LogP contribution is 2.20. The first-order valence-corrected chi connectivity index (χ1v) is 3.13. The molecule has 1 rings (SSSR count). The molecule has 1 heterocycles. The summed E-state index contributed by atoms with van der Waals surface area (Å²) in [6.45, 7) is 0. The van der Waals surface area contributed by atoms with Gasteiger partial charge >= 0.3 is 0 Å². The van der Waals surface area contributed by atoms with E-state index in [0.717, 1.165) is 0 Å². The molecule has 3 nitrogen and oxygen atoms in total. The summed E-state index contributed by atoms with van der Waals surface area (Å²) in [5.41, 5.74) is 0.0640. The van der Waals surface area contributed by atoms with Crippen LogP contribution in [0.25, 0.3) is 0 Å². The molecule has 0 bridgehead atoms. The molecule has 0 saturated carbocycles. The van der Waals surface area contributed by atoms with Crippen LogP contribution in [0.4, 0.5) is 0 Å². The lowest BCUT2D eigenvalue weighted by molar-refractivity contribution is 0.111. The van der Waals surface area contributed by atoms with Crippen molar-refractivity contribution in [1.29, 1.82) is 0 Å². The molecule has 52 valence electrons. The van der Waals surface area contributed by atoms with Crippen LogP contribution < -0.4 is 0 Å². The first-order chi connectivity index (χ1) is 4.75. The molecule has 0 unspecified atom stereocenters. The predicted molar refractivity (Wildman–Crippen MR) is 37.4 cm³/mol. The summed E-state index contributed by atoms with van der Waals surface area (Å²) in [4.78, 5) is 10.1. The quantitative estimate of drug-likeness (QED) is 0.611. The van der Waals surface area contributed by atoms with Crippen LogP contribution in [-0.4, -0.2) is 16.5 Å². The van der Waals surface area contributed by atoms with Crippen LogP contribution in [-0.2, 0) is 0 Å². The van der Waals surface area contributed by atoms with E-state index in [-0.39, 0.29) is 15.7 Å². The van der Waals surface area contributed by atoms with Crippen molar-refractivity contribution in [2.75, 3.05) is 0 Å². The minimum atomic E-state index is 0.0640. The number of halogens is 2. The molecule has 0 saturated heterocycles. The molecule has 0 atom stereocenters. The number of rotatable bonds is 1. The van der Waals surface area contributed by atoms with E-state index in [1.165, 1.54) is 6.20 Å². The van der Waals surface area contributed by atoms with Crippen LogP contribution in [0.5, 0.6) is 0 Å². The third-order valence-corrected chi connectivity index (χ3v) is 1.66. The fourth-order valence-electron chi connectivity index (χ4n) is 0.440. The Bertz CT molecular complexity index is 264. The van der Waals surface area contributed by atoms with Gasteiger partial charge in [-0.1, -0.05) is 23.2 Å². The molecule has 1 aromatic heterocycles. The summed E-state index contributed by atoms with van der Waals surface area (Å²) >= 11 is 11.0. The standard InChI is InChI=1S/C5H2Cl2N2O/c6-3-1-8-9-4(2-10)5(3)7/h1-2H. The molecule has 0 amide bonds. The van der Waals surface area contributed by atoms with Crippen LogP contribution >= 0.6 is 23.2 Å². The Labute approximate surface area is 67.0 Å². The topological polar surface area (TPSA) is 42.9 Å². The van der Waals surface area contributed by atoms with Gasteiger partial charge in [-0.2, -0.15) is 5.10 Å². The maximum Gasteiger partial charge on any atom is 0.171 e. The van der Waals surface area contributed by atoms with Gasteiger partial charge in [-0.05, 0) is 0 Å². The van der Waals surface area contributed by atoms with Gasteiger partial charge in [-0.15, -0.1) is 5.10 Å². The van der Waals surface area contributed by atoms with Gasteiger partial charge in [0.05, 0.1) is 16.2 Å². The van der Waals surface area contributed by atoms with E-state index >= 15 is 0 Å². The maximum absolute atomic E-state index is 10.1. The van der Waals surface area contributed by atoms with E-state index in [9.17, 15) is 4.79 Å². The number of hydrogen-bond acceptors (Lipinski definition) is 3. The molecule has 5 heteroatoms. The minimum absolute atomic E-state index is 0.0640. The van der Waals surface area contributed by atoms with Gasteiger partial charge in [0, 0.05) is 0 Å². The second kappa shape index (κ2) is 2.94. The fraction of sp³-hybridized carbons (Fsp3) is 0. The van der Waals surface area contributed by atoms with E-state index in [1.807, 2.05) is 0 Å². The summed E-state index contributed by atoms with van der Waals surface area (Å²) < 4.78 is 0. The van der Waals surface area contributed by atoms with Crippen LogP contribution in [0.2, 0.25) is 10.0 Å². The van der Waals surface area contributed by atoms with Gasteiger partial charge in [-0.3, -0.25) is 4.79 Å². The van der Waals surface area contributed by atoms with Gasteiger partial charge in [0.15, 0.2) is 6.29 Å². The number of carbonyl (C=O) groups excluding carboxylic acids is 1.